The lowest BCUT2D eigenvalue weighted by atomic mass is 9.75. The number of hydrogen-bond donors (Lipinski definition) is 1. The second-order valence-electron chi connectivity index (χ2n) is 3.81. The molecule has 0 spiro atoms. The molecule has 82 valence electrons. The second kappa shape index (κ2) is 4.38. The SMILES string of the molecule is NCC1(C(=O)c2ccsn2)CCOCC1. The van der Waals surface area contributed by atoms with Crippen LogP contribution in [-0.4, -0.2) is 29.9 Å². The second-order valence-corrected chi connectivity index (χ2v) is 4.48. The molecule has 0 radical (unpaired) electrons. The third kappa shape index (κ3) is 1.95. The Hall–Kier alpha value is -0.780. The molecule has 4 nitrogen and oxygen atoms in total. The van der Waals surface area contributed by atoms with E-state index in [1.807, 2.05) is 5.38 Å². The van der Waals surface area contributed by atoms with E-state index in [-0.39, 0.29) is 5.78 Å². The van der Waals surface area contributed by atoms with Gasteiger partial charge >= 0.3 is 0 Å². The van der Waals surface area contributed by atoms with Crippen LogP contribution >= 0.6 is 11.5 Å². The molecule has 1 saturated heterocycles. The molecule has 1 aliphatic heterocycles. The van der Waals surface area contributed by atoms with E-state index < -0.39 is 5.41 Å². The van der Waals surface area contributed by atoms with Crippen molar-refractivity contribution in [3.8, 4) is 0 Å². The minimum absolute atomic E-state index is 0.0783. The molecule has 5 heteroatoms. The molecule has 0 aliphatic carbocycles. The van der Waals surface area contributed by atoms with E-state index in [1.165, 1.54) is 11.5 Å². The van der Waals surface area contributed by atoms with Crippen LogP contribution in [0.3, 0.4) is 0 Å². The molecule has 1 fully saturated rings. The van der Waals surface area contributed by atoms with Gasteiger partial charge in [0, 0.05) is 25.1 Å². The number of carbonyl (C=O) groups is 1. The third-order valence-electron chi connectivity index (χ3n) is 2.99. The number of nitrogens with zero attached hydrogens (tertiary/aromatic N) is 1. The number of nitrogens with two attached hydrogens (primary N) is 1. The molecule has 1 aromatic rings. The fourth-order valence-corrected chi connectivity index (χ4v) is 2.40. The van der Waals surface area contributed by atoms with Crippen LogP contribution in [0, 0.1) is 5.41 Å². The smallest absolute Gasteiger partial charge is 0.189 e. The first-order valence-electron chi connectivity index (χ1n) is 5.01. The van der Waals surface area contributed by atoms with E-state index in [0.717, 1.165) is 0 Å². The number of aromatic nitrogens is 1. The summed E-state index contributed by atoms with van der Waals surface area (Å²) in [5.41, 5.74) is 5.85. The average Bonchev–Trinajstić information content (AvgIpc) is 2.82. The van der Waals surface area contributed by atoms with Gasteiger partial charge in [0.1, 0.15) is 5.69 Å². The fraction of sp³-hybridized carbons (Fsp3) is 0.600. The molecule has 2 N–H and O–H groups in total. The standard InChI is InChI=1S/C10H14N2O2S/c11-7-10(2-4-14-5-3-10)9(13)8-1-6-15-12-8/h1,6H,2-5,7,11H2. The molecule has 2 rings (SSSR count). The van der Waals surface area contributed by atoms with Crippen molar-refractivity contribution in [3.63, 3.8) is 0 Å². The molecule has 0 bridgehead atoms. The summed E-state index contributed by atoms with van der Waals surface area (Å²) in [6, 6.07) is 1.76. The quantitative estimate of drug-likeness (QED) is 0.783. The number of rotatable bonds is 3. The highest BCUT2D eigenvalue weighted by molar-refractivity contribution is 7.03. The first-order chi connectivity index (χ1) is 7.28. The van der Waals surface area contributed by atoms with Gasteiger partial charge in [0.15, 0.2) is 5.78 Å². The van der Waals surface area contributed by atoms with E-state index in [0.29, 0.717) is 38.3 Å². The van der Waals surface area contributed by atoms with Crippen molar-refractivity contribution >= 4 is 17.3 Å². The van der Waals surface area contributed by atoms with Gasteiger partial charge in [0.05, 0.1) is 5.41 Å². The van der Waals surface area contributed by atoms with Gasteiger partial charge in [-0.15, -0.1) is 0 Å². The molecular weight excluding hydrogens is 212 g/mol. The minimum Gasteiger partial charge on any atom is -0.381 e. The Morgan fingerprint density at radius 1 is 1.60 bits per heavy atom. The van der Waals surface area contributed by atoms with Crippen molar-refractivity contribution in [1.29, 1.82) is 0 Å². The predicted octanol–water partition coefficient (Wildman–Crippen LogP) is 1.08. The normalized spacial score (nSPS) is 20.1. The lowest BCUT2D eigenvalue weighted by Crippen LogP contribution is -2.43. The largest absolute Gasteiger partial charge is 0.381 e. The molecule has 0 unspecified atom stereocenters. The number of hydrogen-bond acceptors (Lipinski definition) is 5. The maximum atomic E-state index is 12.2. The highest BCUT2D eigenvalue weighted by atomic mass is 32.1. The number of ketones is 1. The van der Waals surface area contributed by atoms with Crippen molar-refractivity contribution < 1.29 is 9.53 Å². The molecule has 2 heterocycles. The van der Waals surface area contributed by atoms with Gasteiger partial charge in [-0.05, 0) is 30.4 Å². The van der Waals surface area contributed by atoms with Gasteiger partial charge in [-0.3, -0.25) is 4.79 Å². The van der Waals surface area contributed by atoms with Crippen LogP contribution < -0.4 is 5.73 Å². The van der Waals surface area contributed by atoms with Crippen LogP contribution in [-0.2, 0) is 4.74 Å². The van der Waals surface area contributed by atoms with E-state index in [4.69, 9.17) is 10.5 Å². The zero-order valence-electron chi connectivity index (χ0n) is 8.44. The van der Waals surface area contributed by atoms with Gasteiger partial charge in [0.2, 0.25) is 0 Å². The van der Waals surface area contributed by atoms with Crippen LogP contribution in [0.1, 0.15) is 23.3 Å². The van der Waals surface area contributed by atoms with E-state index >= 15 is 0 Å². The maximum Gasteiger partial charge on any atom is 0.189 e. The van der Waals surface area contributed by atoms with Crippen LogP contribution in [0.2, 0.25) is 0 Å². The summed E-state index contributed by atoms with van der Waals surface area (Å²) >= 11 is 1.30. The Bertz CT molecular complexity index is 331. The lowest BCUT2D eigenvalue weighted by molar-refractivity contribution is 0.0198. The summed E-state index contributed by atoms with van der Waals surface area (Å²) in [4.78, 5) is 12.2. The number of Topliss-reactive ketones (excluding diaryl/α,β-unsaturated/α-hetero) is 1. The van der Waals surface area contributed by atoms with E-state index in [2.05, 4.69) is 4.37 Å². The van der Waals surface area contributed by atoms with Crippen molar-refractivity contribution in [2.45, 2.75) is 12.8 Å². The molecule has 15 heavy (non-hydrogen) atoms. The van der Waals surface area contributed by atoms with Gasteiger partial charge in [-0.2, -0.15) is 4.37 Å². The first-order valence-corrected chi connectivity index (χ1v) is 5.85. The van der Waals surface area contributed by atoms with E-state index in [1.54, 1.807) is 6.07 Å². The number of carbonyl (C=O) groups excluding carboxylic acids is 1. The Morgan fingerprint density at radius 3 is 2.87 bits per heavy atom. The zero-order valence-corrected chi connectivity index (χ0v) is 9.26. The molecule has 1 aromatic heterocycles. The summed E-state index contributed by atoms with van der Waals surface area (Å²) < 4.78 is 9.35. The molecule has 0 amide bonds. The Labute approximate surface area is 92.6 Å². The van der Waals surface area contributed by atoms with Gasteiger partial charge in [0.25, 0.3) is 0 Å². The molecular formula is C10H14N2O2S. The predicted molar refractivity (Wildman–Crippen MR) is 58.0 cm³/mol. The van der Waals surface area contributed by atoms with Gasteiger partial charge < -0.3 is 10.5 Å². The van der Waals surface area contributed by atoms with Crippen molar-refractivity contribution in [3.05, 3.63) is 17.1 Å². The summed E-state index contributed by atoms with van der Waals surface area (Å²) in [5.74, 6) is 0.0783. The van der Waals surface area contributed by atoms with Gasteiger partial charge in [-0.1, -0.05) is 0 Å². The summed E-state index contributed by atoms with van der Waals surface area (Å²) in [6.07, 6.45) is 1.42. The zero-order chi connectivity index (χ0) is 10.7. The number of ether oxygens (including phenoxy) is 1. The van der Waals surface area contributed by atoms with Crippen LogP contribution in [0.4, 0.5) is 0 Å². The monoisotopic (exact) mass is 226 g/mol. The van der Waals surface area contributed by atoms with Gasteiger partial charge in [-0.25, -0.2) is 0 Å². The van der Waals surface area contributed by atoms with Crippen LogP contribution in [0.25, 0.3) is 0 Å². The molecule has 0 saturated carbocycles. The maximum absolute atomic E-state index is 12.2. The third-order valence-corrected chi connectivity index (χ3v) is 3.55. The first kappa shape index (κ1) is 10.7. The molecule has 0 aromatic carbocycles. The van der Waals surface area contributed by atoms with Crippen molar-refractivity contribution in [2.24, 2.45) is 11.1 Å². The summed E-state index contributed by atoms with van der Waals surface area (Å²) in [7, 11) is 0. The van der Waals surface area contributed by atoms with E-state index in [9.17, 15) is 4.79 Å². The Balaban J connectivity index is 2.22. The highest BCUT2D eigenvalue weighted by Gasteiger charge is 2.39. The molecule has 1 aliphatic rings. The summed E-state index contributed by atoms with van der Waals surface area (Å²) in [5, 5.41) is 1.82. The molecule has 0 atom stereocenters. The topological polar surface area (TPSA) is 65.2 Å². The Morgan fingerprint density at radius 2 is 2.33 bits per heavy atom. The Kier molecular flexibility index (Phi) is 3.14. The summed E-state index contributed by atoms with van der Waals surface area (Å²) in [6.45, 7) is 1.62. The van der Waals surface area contributed by atoms with Crippen LogP contribution in [0.5, 0.6) is 0 Å². The fourth-order valence-electron chi connectivity index (χ4n) is 1.89. The average molecular weight is 226 g/mol. The minimum atomic E-state index is -0.438. The lowest BCUT2D eigenvalue weighted by Gasteiger charge is -2.33. The van der Waals surface area contributed by atoms with Crippen molar-refractivity contribution in [2.75, 3.05) is 19.8 Å². The van der Waals surface area contributed by atoms with Crippen LogP contribution in [0.15, 0.2) is 11.4 Å². The highest BCUT2D eigenvalue weighted by Crippen LogP contribution is 2.32. The van der Waals surface area contributed by atoms with Crippen molar-refractivity contribution in [1.82, 2.24) is 4.37 Å².